The predicted molar refractivity (Wildman–Crippen MR) is 107 cm³/mol. The molecule has 2 aromatic carbocycles. The second-order valence-corrected chi connectivity index (χ2v) is 7.31. The molecule has 7 heteroatoms. The third-order valence-corrected chi connectivity index (χ3v) is 5.22. The summed E-state index contributed by atoms with van der Waals surface area (Å²) in [4.78, 5) is 5.42. The van der Waals surface area contributed by atoms with Gasteiger partial charge in [-0.05, 0) is 42.8 Å². The summed E-state index contributed by atoms with van der Waals surface area (Å²) < 4.78 is 13.7. The van der Waals surface area contributed by atoms with Crippen molar-refractivity contribution in [1.82, 2.24) is 4.68 Å². The number of hydrogen-bond donors (Lipinski definition) is 0. The summed E-state index contributed by atoms with van der Waals surface area (Å²) in [6.45, 7) is 2.99. The summed E-state index contributed by atoms with van der Waals surface area (Å²) in [6.07, 6.45) is 1.81. The van der Waals surface area contributed by atoms with Crippen molar-refractivity contribution in [2.45, 2.75) is 6.92 Å². The van der Waals surface area contributed by atoms with Gasteiger partial charge in [0.1, 0.15) is 0 Å². The highest BCUT2D eigenvalue weighted by Gasteiger charge is 2.13. The molecule has 1 aromatic heterocycles. The lowest BCUT2D eigenvalue weighted by atomic mass is 10.2. The number of thiazole rings is 1. The Morgan fingerprint density at radius 1 is 1.15 bits per heavy atom. The number of benzene rings is 2. The second kappa shape index (κ2) is 7.47. The highest BCUT2D eigenvalue weighted by Crippen LogP contribution is 2.32. The van der Waals surface area contributed by atoms with Crippen molar-refractivity contribution in [3.05, 3.63) is 62.7 Å². The van der Waals surface area contributed by atoms with Crippen molar-refractivity contribution >= 4 is 33.5 Å². The first-order chi connectivity index (χ1) is 12.7. The number of aromatic nitrogens is 1. The molecule has 0 spiro atoms. The van der Waals surface area contributed by atoms with E-state index in [1.54, 1.807) is 11.3 Å². The van der Waals surface area contributed by atoms with E-state index in [-0.39, 0.29) is 6.79 Å². The Morgan fingerprint density at radius 2 is 1.96 bits per heavy atom. The van der Waals surface area contributed by atoms with Crippen LogP contribution in [0.2, 0.25) is 0 Å². The van der Waals surface area contributed by atoms with E-state index in [1.165, 1.54) is 0 Å². The lowest BCUT2D eigenvalue weighted by molar-refractivity contribution is 0.174. The molecule has 2 heterocycles. The van der Waals surface area contributed by atoms with Crippen molar-refractivity contribution in [3.8, 4) is 22.8 Å². The zero-order chi connectivity index (χ0) is 17.9. The van der Waals surface area contributed by atoms with Crippen molar-refractivity contribution in [1.29, 1.82) is 0 Å². The first-order valence-corrected chi connectivity index (χ1v) is 9.83. The van der Waals surface area contributed by atoms with Crippen LogP contribution in [-0.2, 0) is 0 Å². The zero-order valence-electron chi connectivity index (χ0n) is 14.1. The first kappa shape index (κ1) is 17.1. The molecule has 0 atom stereocenters. The third kappa shape index (κ3) is 3.45. The molecule has 1 aliphatic heterocycles. The number of fused-ring (bicyclic) bond motifs is 1. The Morgan fingerprint density at radius 3 is 2.77 bits per heavy atom. The summed E-state index contributed by atoms with van der Waals surface area (Å²) in [5, 5.41) is 6.76. The lowest BCUT2D eigenvalue weighted by Gasteiger charge is -2.04. The number of hydrogen-bond acceptors (Lipinski definition) is 5. The minimum atomic E-state index is 0.266. The normalized spacial score (nSPS) is 13.7. The fraction of sp³-hybridized carbons (Fsp3) is 0.158. The Bertz CT molecular complexity index is 1020. The van der Waals surface area contributed by atoms with Gasteiger partial charge in [0, 0.05) is 22.0 Å². The fourth-order valence-electron chi connectivity index (χ4n) is 2.59. The van der Waals surface area contributed by atoms with E-state index in [0.29, 0.717) is 6.54 Å². The van der Waals surface area contributed by atoms with E-state index in [2.05, 4.69) is 43.5 Å². The molecule has 0 radical (unpaired) electrons. The van der Waals surface area contributed by atoms with Gasteiger partial charge in [0.05, 0.1) is 11.9 Å². The second-order valence-electron chi connectivity index (χ2n) is 5.55. The maximum atomic E-state index is 5.43. The van der Waals surface area contributed by atoms with Crippen LogP contribution in [0.5, 0.6) is 11.5 Å². The van der Waals surface area contributed by atoms with Crippen LogP contribution < -0.4 is 14.3 Å². The molecule has 0 saturated heterocycles. The molecule has 0 unspecified atom stereocenters. The van der Waals surface area contributed by atoms with Crippen LogP contribution in [0.1, 0.15) is 12.5 Å². The third-order valence-electron chi connectivity index (χ3n) is 3.84. The molecule has 0 aliphatic carbocycles. The number of ether oxygens (including phenoxy) is 2. The van der Waals surface area contributed by atoms with Crippen molar-refractivity contribution in [2.24, 2.45) is 10.1 Å². The van der Waals surface area contributed by atoms with Crippen LogP contribution >= 0.6 is 27.3 Å². The van der Waals surface area contributed by atoms with Crippen LogP contribution in [0.25, 0.3) is 11.3 Å². The Kier molecular flexibility index (Phi) is 4.90. The molecule has 0 bridgehead atoms. The SMILES string of the molecule is CCN=c1scc(-c2ccc(Br)cc2)n1/N=C/c1ccc2c(c1)OCO2. The highest BCUT2D eigenvalue weighted by atomic mass is 79.9. The van der Waals surface area contributed by atoms with E-state index in [0.717, 1.165) is 37.6 Å². The van der Waals surface area contributed by atoms with E-state index in [4.69, 9.17) is 9.47 Å². The van der Waals surface area contributed by atoms with Gasteiger partial charge in [0.2, 0.25) is 11.6 Å². The quantitative estimate of drug-likeness (QED) is 0.572. The van der Waals surface area contributed by atoms with Crippen LogP contribution in [0.3, 0.4) is 0 Å². The van der Waals surface area contributed by atoms with Gasteiger partial charge < -0.3 is 9.47 Å². The summed E-state index contributed by atoms with van der Waals surface area (Å²) in [5.41, 5.74) is 3.04. The summed E-state index contributed by atoms with van der Waals surface area (Å²) in [6, 6.07) is 14.0. The maximum Gasteiger partial charge on any atom is 0.231 e. The molecular formula is C19H16BrN3O2S. The van der Waals surface area contributed by atoms with Gasteiger partial charge in [0.25, 0.3) is 0 Å². The van der Waals surface area contributed by atoms with Gasteiger partial charge >= 0.3 is 0 Å². The van der Waals surface area contributed by atoms with E-state index in [9.17, 15) is 0 Å². The summed E-state index contributed by atoms with van der Waals surface area (Å²) in [5.74, 6) is 1.51. The van der Waals surface area contributed by atoms with Gasteiger partial charge in [-0.25, -0.2) is 4.68 Å². The molecule has 3 aromatic rings. The van der Waals surface area contributed by atoms with E-state index < -0.39 is 0 Å². The smallest absolute Gasteiger partial charge is 0.231 e. The minimum absolute atomic E-state index is 0.266. The lowest BCUT2D eigenvalue weighted by Crippen LogP contribution is -2.12. The number of halogens is 1. The summed E-state index contributed by atoms with van der Waals surface area (Å²) in [7, 11) is 0. The topological polar surface area (TPSA) is 48.1 Å². The van der Waals surface area contributed by atoms with Crippen molar-refractivity contribution in [2.75, 3.05) is 13.3 Å². The monoisotopic (exact) mass is 429 g/mol. The molecule has 0 fully saturated rings. The largest absolute Gasteiger partial charge is 0.454 e. The van der Waals surface area contributed by atoms with E-state index >= 15 is 0 Å². The molecular weight excluding hydrogens is 414 g/mol. The van der Waals surface area contributed by atoms with Gasteiger partial charge in [-0.15, -0.1) is 11.3 Å². The van der Waals surface area contributed by atoms with Crippen molar-refractivity contribution in [3.63, 3.8) is 0 Å². The minimum Gasteiger partial charge on any atom is -0.454 e. The molecule has 0 N–H and O–H groups in total. The van der Waals surface area contributed by atoms with Crippen LogP contribution in [0.4, 0.5) is 0 Å². The first-order valence-electron chi connectivity index (χ1n) is 8.15. The molecule has 1 aliphatic rings. The van der Waals surface area contributed by atoms with Gasteiger partial charge in [-0.1, -0.05) is 28.1 Å². The highest BCUT2D eigenvalue weighted by molar-refractivity contribution is 9.10. The zero-order valence-corrected chi connectivity index (χ0v) is 16.5. The van der Waals surface area contributed by atoms with Gasteiger partial charge in [-0.2, -0.15) is 5.10 Å². The Balaban J connectivity index is 1.73. The molecule has 0 saturated carbocycles. The van der Waals surface area contributed by atoms with Gasteiger partial charge in [-0.3, -0.25) is 4.99 Å². The van der Waals surface area contributed by atoms with Gasteiger partial charge in [0.15, 0.2) is 11.5 Å². The predicted octanol–water partition coefficient (Wildman–Crippen LogP) is 4.51. The van der Waals surface area contributed by atoms with Crippen LogP contribution in [-0.4, -0.2) is 24.2 Å². The summed E-state index contributed by atoms with van der Waals surface area (Å²) >= 11 is 5.06. The fourth-order valence-corrected chi connectivity index (χ4v) is 3.76. The van der Waals surface area contributed by atoms with Crippen molar-refractivity contribution < 1.29 is 9.47 Å². The molecule has 0 amide bonds. The maximum absolute atomic E-state index is 5.43. The number of nitrogens with zero attached hydrogens (tertiary/aromatic N) is 3. The Hall–Kier alpha value is -2.38. The standard InChI is InChI=1S/C19H16BrN3O2S/c1-2-21-19-23(16(11-26-19)14-4-6-15(20)7-5-14)22-10-13-3-8-17-18(9-13)25-12-24-17/h3-11H,2,12H2,1H3/b21-19?,22-10+. The average molecular weight is 430 g/mol. The molecule has 5 nitrogen and oxygen atoms in total. The molecule has 132 valence electrons. The molecule has 4 rings (SSSR count). The average Bonchev–Trinajstić information content (AvgIpc) is 3.27. The van der Waals surface area contributed by atoms with Crippen LogP contribution in [0.15, 0.2) is 62.4 Å². The molecule has 26 heavy (non-hydrogen) atoms. The number of rotatable bonds is 4. The van der Waals surface area contributed by atoms with Crippen LogP contribution in [0, 0.1) is 0 Å². The Labute approximate surface area is 163 Å². The van der Waals surface area contributed by atoms with E-state index in [1.807, 2.05) is 48.1 Å².